The first kappa shape index (κ1) is 31.3. The molecule has 2 aliphatic rings. The van der Waals surface area contributed by atoms with Gasteiger partial charge < -0.3 is 31.5 Å². The summed E-state index contributed by atoms with van der Waals surface area (Å²) in [5.74, 6) is 1.19. The summed E-state index contributed by atoms with van der Waals surface area (Å²) in [5, 5.41) is 9.30. The van der Waals surface area contributed by atoms with E-state index in [1.807, 2.05) is 26.0 Å². The molecule has 41 heavy (non-hydrogen) atoms. The van der Waals surface area contributed by atoms with Gasteiger partial charge in [-0.15, -0.1) is 0 Å². The Hall–Kier alpha value is -4.25. The normalized spacial score (nSPS) is 19.2. The molecule has 220 valence electrons. The van der Waals surface area contributed by atoms with Gasteiger partial charge in [0.25, 0.3) is 5.91 Å². The van der Waals surface area contributed by atoms with Crippen molar-refractivity contribution in [3.05, 3.63) is 65.0 Å². The number of piperazine rings is 1. The summed E-state index contributed by atoms with van der Waals surface area (Å²) in [6.07, 6.45) is 4.94. The topological polar surface area (TPSA) is 135 Å². The smallest absolute Gasteiger partial charge is 0.256 e. The Labute approximate surface area is 243 Å². The number of nitrogens with zero attached hydrogens (tertiary/aromatic N) is 6. The van der Waals surface area contributed by atoms with Crippen molar-refractivity contribution < 1.29 is 4.79 Å². The van der Waals surface area contributed by atoms with E-state index in [0.29, 0.717) is 40.3 Å². The number of nitrogens with one attached hydrogen (secondary N) is 3. The first-order valence-corrected chi connectivity index (χ1v) is 13.7. The van der Waals surface area contributed by atoms with Crippen LogP contribution in [0.3, 0.4) is 0 Å². The van der Waals surface area contributed by atoms with Crippen molar-refractivity contribution in [1.29, 1.82) is 0 Å². The van der Waals surface area contributed by atoms with E-state index in [1.165, 1.54) is 6.20 Å². The molecule has 0 atom stereocenters. The Morgan fingerprint density at radius 3 is 2.44 bits per heavy atom. The van der Waals surface area contributed by atoms with Crippen molar-refractivity contribution in [1.82, 2.24) is 20.4 Å². The quantitative estimate of drug-likeness (QED) is 0.379. The molecule has 5 N–H and O–H groups in total. The number of guanidine groups is 1. The van der Waals surface area contributed by atoms with Crippen LogP contribution in [0.15, 0.2) is 68.3 Å². The summed E-state index contributed by atoms with van der Waals surface area (Å²) < 4.78 is 0. The van der Waals surface area contributed by atoms with Crippen LogP contribution in [0.25, 0.3) is 0 Å². The van der Waals surface area contributed by atoms with Gasteiger partial charge in [-0.1, -0.05) is 27.4 Å². The average Bonchev–Trinajstić information content (AvgIpc) is 2.93. The molecule has 2 heterocycles. The van der Waals surface area contributed by atoms with Crippen molar-refractivity contribution in [2.75, 3.05) is 52.6 Å². The molecule has 0 spiro atoms. The summed E-state index contributed by atoms with van der Waals surface area (Å²) in [6.45, 7) is 17.4. The van der Waals surface area contributed by atoms with Gasteiger partial charge in [0, 0.05) is 74.9 Å². The van der Waals surface area contributed by atoms with Crippen molar-refractivity contribution >= 4 is 35.2 Å². The lowest BCUT2D eigenvalue weighted by molar-refractivity contribution is 0.0963. The number of hydrogen-bond acceptors (Lipinski definition) is 10. The zero-order chi connectivity index (χ0) is 30.3. The molecule has 1 aromatic carbocycles. The second kappa shape index (κ2) is 13.4. The van der Waals surface area contributed by atoms with Crippen LogP contribution in [0.4, 0.5) is 5.69 Å². The van der Waals surface area contributed by atoms with E-state index in [1.54, 1.807) is 26.4 Å². The van der Waals surface area contributed by atoms with Gasteiger partial charge in [0.05, 0.1) is 6.21 Å². The number of carbonyl (C=O) groups excluding carboxylic acids is 1. The van der Waals surface area contributed by atoms with Crippen LogP contribution in [0.5, 0.6) is 0 Å². The number of rotatable bonds is 7. The first-order chi connectivity index (χ1) is 19.4. The number of anilines is 1. The Morgan fingerprint density at radius 2 is 1.85 bits per heavy atom. The molecule has 0 saturated carbocycles. The Morgan fingerprint density at radius 1 is 1.17 bits per heavy atom. The molecular weight excluding hydrogens is 516 g/mol. The molecule has 1 fully saturated rings. The van der Waals surface area contributed by atoms with Crippen LogP contribution in [0, 0.1) is 19.3 Å². The van der Waals surface area contributed by atoms with Crippen LogP contribution in [-0.2, 0) is 0 Å². The number of allylic oxidation sites excluding steroid dienone is 2. The first-order valence-electron chi connectivity index (χ1n) is 13.7. The SMILES string of the molecule is C=C/N=C1/C=NC(N2CCN(C)CC2)=N/C1=C(/N)Nc1cc(C(=O)N/C(=C/C(=N\C)C(C)(C)C)NC)cc(C)c1C. The third kappa shape index (κ3) is 7.91. The molecule has 0 unspecified atom stereocenters. The van der Waals surface area contributed by atoms with E-state index in [2.05, 4.69) is 75.1 Å². The Balaban J connectivity index is 1.93. The third-order valence-corrected chi connectivity index (χ3v) is 7.04. The maximum absolute atomic E-state index is 13.3. The molecule has 1 saturated heterocycles. The lowest BCUT2D eigenvalue weighted by Crippen LogP contribution is -2.47. The fourth-order valence-electron chi connectivity index (χ4n) is 4.36. The molecule has 0 aromatic heterocycles. The van der Waals surface area contributed by atoms with Crippen molar-refractivity contribution in [3.63, 3.8) is 0 Å². The molecule has 11 nitrogen and oxygen atoms in total. The van der Waals surface area contributed by atoms with Gasteiger partial charge in [-0.2, -0.15) is 0 Å². The highest BCUT2D eigenvalue weighted by atomic mass is 16.1. The fourth-order valence-corrected chi connectivity index (χ4v) is 4.36. The minimum atomic E-state index is -0.263. The fraction of sp³-hybridized carbons (Fsp3) is 0.433. The summed E-state index contributed by atoms with van der Waals surface area (Å²) in [4.78, 5) is 35.7. The highest BCUT2D eigenvalue weighted by Gasteiger charge is 2.23. The monoisotopic (exact) mass is 560 g/mol. The van der Waals surface area contributed by atoms with Gasteiger partial charge in [-0.05, 0) is 44.2 Å². The van der Waals surface area contributed by atoms with E-state index in [-0.39, 0.29) is 11.3 Å². The Kier molecular flexibility index (Phi) is 10.2. The second-order valence-corrected chi connectivity index (χ2v) is 11.1. The lowest BCUT2D eigenvalue weighted by Gasteiger charge is -2.33. The molecule has 3 rings (SSSR count). The van der Waals surface area contributed by atoms with Crippen LogP contribution in [0.1, 0.15) is 42.3 Å². The van der Waals surface area contributed by atoms with Crippen LogP contribution >= 0.6 is 0 Å². The zero-order valence-corrected chi connectivity index (χ0v) is 25.6. The molecular formula is C30H44N10O. The molecule has 0 aliphatic carbocycles. The van der Waals surface area contributed by atoms with Gasteiger partial charge in [0.2, 0.25) is 5.96 Å². The van der Waals surface area contributed by atoms with Gasteiger partial charge in [0.1, 0.15) is 23.1 Å². The minimum Gasteiger partial charge on any atom is -0.383 e. The van der Waals surface area contributed by atoms with Gasteiger partial charge in [-0.3, -0.25) is 14.8 Å². The van der Waals surface area contributed by atoms with Gasteiger partial charge >= 0.3 is 0 Å². The number of aliphatic imine (C=N–C) groups is 4. The van der Waals surface area contributed by atoms with Crippen molar-refractivity contribution in [2.24, 2.45) is 31.1 Å². The standard InChI is InChI=1S/C30H44N10O/c1-10-34-23-18-35-29(40-13-11-39(9)12-14-40)38-26(23)27(31)36-22-16-21(15-19(2)20(22)3)28(41)37-25(33-8)17-24(32-7)30(4,5)6/h10,15-18,33,36H,1,11-14,31H2,2-9H3,(H,37,41)/b25-17+,27-26-,32-24+,34-23-. The van der Waals surface area contributed by atoms with E-state index in [9.17, 15) is 4.79 Å². The number of amides is 1. The predicted molar refractivity (Wildman–Crippen MR) is 171 cm³/mol. The van der Waals surface area contributed by atoms with Crippen LogP contribution < -0.4 is 21.7 Å². The maximum Gasteiger partial charge on any atom is 0.256 e. The number of benzene rings is 1. The van der Waals surface area contributed by atoms with Gasteiger partial charge in [0.15, 0.2) is 0 Å². The molecule has 1 aromatic rings. The minimum absolute atomic E-state index is 0.172. The summed E-state index contributed by atoms with van der Waals surface area (Å²) in [7, 11) is 5.60. The van der Waals surface area contributed by atoms with E-state index in [0.717, 1.165) is 43.0 Å². The zero-order valence-electron chi connectivity index (χ0n) is 25.6. The highest BCUT2D eigenvalue weighted by Crippen LogP contribution is 2.24. The number of carbonyl (C=O) groups is 1. The molecule has 11 heteroatoms. The van der Waals surface area contributed by atoms with Crippen molar-refractivity contribution in [3.8, 4) is 0 Å². The molecule has 1 amide bonds. The number of hydrogen-bond donors (Lipinski definition) is 4. The van der Waals surface area contributed by atoms with E-state index < -0.39 is 0 Å². The van der Waals surface area contributed by atoms with E-state index in [4.69, 9.17) is 10.7 Å². The molecule has 0 radical (unpaired) electrons. The average molecular weight is 561 g/mol. The predicted octanol–water partition coefficient (Wildman–Crippen LogP) is 3.02. The summed E-state index contributed by atoms with van der Waals surface area (Å²) in [5.41, 5.74) is 11.3. The number of nitrogens with two attached hydrogens (primary N) is 1. The summed E-state index contributed by atoms with van der Waals surface area (Å²) in [6, 6.07) is 3.63. The number of likely N-dealkylation sites (N-methyl/N-ethyl adjacent to an activating group) is 1. The lowest BCUT2D eigenvalue weighted by atomic mass is 9.89. The Bertz CT molecular complexity index is 1350. The third-order valence-electron chi connectivity index (χ3n) is 7.04. The van der Waals surface area contributed by atoms with Crippen LogP contribution in [-0.4, -0.2) is 86.6 Å². The molecule has 2 aliphatic heterocycles. The largest absolute Gasteiger partial charge is 0.383 e. The second-order valence-electron chi connectivity index (χ2n) is 11.1. The van der Waals surface area contributed by atoms with Crippen molar-refractivity contribution in [2.45, 2.75) is 34.6 Å². The van der Waals surface area contributed by atoms with Gasteiger partial charge in [-0.25, -0.2) is 9.98 Å². The number of aryl methyl sites for hydroxylation is 1. The summed E-state index contributed by atoms with van der Waals surface area (Å²) >= 11 is 0. The molecule has 0 bridgehead atoms. The maximum atomic E-state index is 13.3. The van der Waals surface area contributed by atoms with Crippen LogP contribution in [0.2, 0.25) is 0 Å². The highest BCUT2D eigenvalue weighted by molar-refractivity contribution is 6.41. The van der Waals surface area contributed by atoms with E-state index >= 15 is 0 Å².